The molecule has 0 amide bonds. The van der Waals surface area contributed by atoms with Gasteiger partial charge in [0.1, 0.15) is 18.2 Å². The summed E-state index contributed by atoms with van der Waals surface area (Å²) in [6.45, 7) is 3.21. The molecule has 122 valence electrons. The molecule has 23 heavy (non-hydrogen) atoms. The number of nitrogens with two attached hydrogens (primary N) is 1. The van der Waals surface area contributed by atoms with Crippen LogP contribution in [0.15, 0.2) is 36.2 Å². The van der Waals surface area contributed by atoms with E-state index in [1.807, 2.05) is 28.9 Å². The SMILES string of the molecule is CCn1nc(-c2ccc(OC/C(=C/F)CN)cc2)nc1C1CC1. The largest absolute Gasteiger partial charge is 0.489 e. The van der Waals surface area contributed by atoms with E-state index in [2.05, 4.69) is 17.0 Å². The first kappa shape index (κ1) is 15.7. The Labute approximate surface area is 135 Å². The third kappa shape index (κ3) is 3.59. The number of hydrogen-bond donors (Lipinski definition) is 1. The predicted octanol–water partition coefficient (Wildman–Crippen LogP) is 3.03. The van der Waals surface area contributed by atoms with Gasteiger partial charge in [0.05, 0.1) is 6.33 Å². The second kappa shape index (κ2) is 6.91. The number of hydrogen-bond acceptors (Lipinski definition) is 4. The third-order valence-corrected chi connectivity index (χ3v) is 3.90. The Kier molecular flexibility index (Phi) is 4.71. The van der Waals surface area contributed by atoms with Crippen LogP contribution in [0.4, 0.5) is 4.39 Å². The van der Waals surface area contributed by atoms with Gasteiger partial charge in [0.15, 0.2) is 5.82 Å². The molecule has 3 rings (SSSR count). The van der Waals surface area contributed by atoms with Crippen LogP contribution in [0.1, 0.15) is 31.5 Å². The topological polar surface area (TPSA) is 66.0 Å². The van der Waals surface area contributed by atoms with E-state index >= 15 is 0 Å². The lowest BCUT2D eigenvalue weighted by atomic mass is 10.2. The standard InChI is InChI=1S/C17H21FN4O/c1-2-22-17(14-3-4-14)20-16(21-22)13-5-7-15(8-6-13)23-11-12(9-18)10-19/h5-9,14H,2-4,10-11,19H2,1H3/b12-9+. The van der Waals surface area contributed by atoms with Gasteiger partial charge < -0.3 is 10.5 Å². The second-order valence-electron chi connectivity index (χ2n) is 5.67. The fourth-order valence-corrected chi connectivity index (χ4v) is 2.36. The average molecular weight is 316 g/mol. The molecular weight excluding hydrogens is 295 g/mol. The Balaban J connectivity index is 1.72. The maximum atomic E-state index is 12.4. The Morgan fingerprint density at radius 1 is 1.39 bits per heavy atom. The van der Waals surface area contributed by atoms with E-state index in [1.54, 1.807) is 0 Å². The van der Waals surface area contributed by atoms with Crippen molar-refractivity contribution in [3.63, 3.8) is 0 Å². The molecule has 0 aliphatic heterocycles. The van der Waals surface area contributed by atoms with Gasteiger partial charge in [-0.1, -0.05) is 0 Å². The number of nitrogens with zero attached hydrogens (tertiary/aromatic N) is 3. The quantitative estimate of drug-likeness (QED) is 0.852. The lowest BCUT2D eigenvalue weighted by Crippen LogP contribution is -2.10. The van der Waals surface area contributed by atoms with Gasteiger partial charge in [0.2, 0.25) is 0 Å². The lowest BCUT2D eigenvalue weighted by molar-refractivity contribution is 0.347. The second-order valence-corrected chi connectivity index (χ2v) is 5.67. The summed E-state index contributed by atoms with van der Waals surface area (Å²) in [5.41, 5.74) is 6.77. The molecule has 1 aliphatic rings. The van der Waals surface area contributed by atoms with Gasteiger partial charge in [-0.2, -0.15) is 5.10 Å². The Bertz CT molecular complexity index is 689. The summed E-state index contributed by atoms with van der Waals surface area (Å²) in [6.07, 6.45) is 2.90. The molecule has 6 heteroatoms. The van der Waals surface area contributed by atoms with Crippen LogP contribution >= 0.6 is 0 Å². The fraction of sp³-hybridized carbons (Fsp3) is 0.412. The zero-order valence-corrected chi connectivity index (χ0v) is 13.2. The van der Waals surface area contributed by atoms with Crippen LogP contribution in [0.2, 0.25) is 0 Å². The fourth-order valence-electron chi connectivity index (χ4n) is 2.36. The zero-order chi connectivity index (χ0) is 16.2. The summed E-state index contributed by atoms with van der Waals surface area (Å²) in [5, 5.41) is 4.58. The Morgan fingerprint density at radius 3 is 2.70 bits per heavy atom. The maximum Gasteiger partial charge on any atom is 0.181 e. The Hall–Kier alpha value is -2.21. The van der Waals surface area contributed by atoms with Crippen molar-refractivity contribution < 1.29 is 9.13 Å². The molecule has 1 aliphatic carbocycles. The van der Waals surface area contributed by atoms with Gasteiger partial charge in [-0.3, -0.25) is 0 Å². The molecule has 2 aromatic rings. The lowest BCUT2D eigenvalue weighted by Gasteiger charge is -2.07. The van der Waals surface area contributed by atoms with Crippen molar-refractivity contribution in [1.82, 2.24) is 14.8 Å². The molecule has 1 aromatic carbocycles. The smallest absolute Gasteiger partial charge is 0.181 e. The highest BCUT2D eigenvalue weighted by molar-refractivity contribution is 5.56. The molecule has 5 nitrogen and oxygen atoms in total. The van der Waals surface area contributed by atoms with Gasteiger partial charge in [-0.05, 0) is 44.0 Å². The zero-order valence-electron chi connectivity index (χ0n) is 13.2. The van der Waals surface area contributed by atoms with E-state index < -0.39 is 0 Å². The number of rotatable bonds is 7. The highest BCUT2D eigenvalue weighted by Crippen LogP contribution is 2.39. The molecule has 1 fully saturated rings. The first-order valence-electron chi connectivity index (χ1n) is 7.91. The highest BCUT2D eigenvalue weighted by Gasteiger charge is 2.29. The van der Waals surface area contributed by atoms with Gasteiger partial charge in [-0.25, -0.2) is 14.1 Å². The number of halogens is 1. The summed E-state index contributed by atoms with van der Waals surface area (Å²) >= 11 is 0. The number of aryl methyl sites for hydroxylation is 1. The van der Waals surface area contributed by atoms with Crippen molar-refractivity contribution in [1.29, 1.82) is 0 Å². The van der Waals surface area contributed by atoms with E-state index in [-0.39, 0.29) is 13.2 Å². The molecule has 1 aromatic heterocycles. The minimum absolute atomic E-state index is 0.150. The molecule has 1 saturated carbocycles. The summed E-state index contributed by atoms with van der Waals surface area (Å²) in [4.78, 5) is 4.68. The highest BCUT2D eigenvalue weighted by atomic mass is 19.1. The molecule has 0 saturated heterocycles. The predicted molar refractivity (Wildman–Crippen MR) is 86.8 cm³/mol. The molecule has 0 unspecified atom stereocenters. The minimum atomic E-state index is 0.150. The molecular formula is C17H21FN4O. The van der Waals surface area contributed by atoms with Crippen LogP contribution in [-0.2, 0) is 6.54 Å². The van der Waals surface area contributed by atoms with Gasteiger partial charge in [0, 0.05) is 30.1 Å². The van der Waals surface area contributed by atoms with Crippen LogP contribution in [-0.4, -0.2) is 27.9 Å². The van der Waals surface area contributed by atoms with Crippen LogP contribution in [0, 0.1) is 0 Å². The third-order valence-electron chi connectivity index (χ3n) is 3.90. The molecule has 1 heterocycles. The summed E-state index contributed by atoms with van der Waals surface area (Å²) in [5.74, 6) is 3.06. The van der Waals surface area contributed by atoms with Crippen molar-refractivity contribution in [3.8, 4) is 17.1 Å². The van der Waals surface area contributed by atoms with Crippen LogP contribution < -0.4 is 10.5 Å². The van der Waals surface area contributed by atoms with E-state index in [0.717, 1.165) is 23.8 Å². The molecule has 0 radical (unpaired) electrons. The first-order valence-corrected chi connectivity index (χ1v) is 7.91. The first-order chi connectivity index (χ1) is 11.2. The van der Waals surface area contributed by atoms with E-state index in [4.69, 9.17) is 10.5 Å². The van der Waals surface area contributed by atoms with Crippen molar-refractivity contribution in [2.75, 3.05) is 13.2 Å². The van der Waals surface area contributed by atoms with Crippen molar-refractivity contribution >= 4 is 0 Å². The van der Waals surface area contributed by atoms with Crippen LogP contribution in [0.3, 0.4) is 0 Å². The van der Waals surface area contributed by atoms with Crippen LogP contribution in [0.5, 0.6) is 5.75 Å². The van der Waals surface area contributed by atoms with Crippen molar-refractivity contribution in [2.45, 2.75) is 32.2 Å². The van der Waals surface area contributed by atoms with Crippen molar-refractivity contribution in [3.05, 3.63) is 42.0 Å². The molecule has 2 N–H and O–H groups in total. The number of benzene rings is 1. The number of aromatic nitrogens is 3. The summed E-state index contributed by atoms with van der Waals surface area (Å²) in [7, 11) is 0. The van der Waals surface area contributed by atoms with E-state index in [1.165, 1.54) is 12.8 Å². The summed E-state index contributed by atoms with van der Waals surface area (Å²) < 4.78 is 19.9. The van der Waals surface area contributed by atoms with E-state index in [0.29, 0.717) is 23.6 Å². The monoisotopic (exact) mass is 316 g/mol. The molecule has 0 bridgehead atoms. The van der Waals surface area contributed by atoms with Gasteiger partial charge in [-0.15, -0.1) is 0 Å². The maximum absolute atomic E-state index is 12.4. The van der Waals surface area contributed by atoms with Gasteiger partial charge in [0.25, 0.3) is 0 Å². The van der Waals surface area contributed by atoms with E-state index in [9.17, 15) is 4.39 Å². The number of ether oxygens (including phenoxy) is 1. The Morgan fingerprint density at radius 2 is 2.13 bits per heavy atom. The normalized spacial score (nSPS) is 15.0. The minimum Gasteiger partial charge on any atom is -0.489 e. The van der Waals surface area contributed by atoms with Gasteiger partial charge >= 0.3 is 0 Å². The average Bonchev–Trinajstić information content (AvgIpc) is 3.35. The van der Waals surface area contributed by atoms with Crippen molar-refractivity contribution in [2.24, 2.45) is 5.73 Å². The van der Waals surface area contributed by atoms with Crippen LogP contribution in [0.25, 0.3) is 11.4 Å². The summed E-state index contributed by atoms with van der Waals surface area (Å²) in [6, 6.07) is 7.52. The molecule has 0 spiro atoms. The molecule has 0 atom stereocenters.